The molecule has 30 heteroatoms. The van der Waals surface area contributed by atoms with Crippen LogP contribution in [-0.2, 0) is 67.0 Å². The number of halogens is 8. The van der Waals surface area contributed by atoms with Crippen LogP contribution < -0.4 is 11.5 Å². The molecule has 428 valence electrons. The fourth-order valence-electron chi connectivity index (χ4n) is 5.49. The van der Waals surface area contributed by atoms with Crippen molar-refractivity contribution < 1.29 is 82.7 Å². The number of nitrogens with two attached hydrogens (primary N) is 2. The van der Waals surface area contributed by atoms with E-state index in [1.165, 1.54) is 11.8 Å². The number of carboxylic acid groups (broad SMARTS) is 2. The molecule has 0 saturated carbocycles. The smallest absolute Gasteiger partial charge is 0.305 e. The van der Waals surface area contributed by atoms with Crippen LogP contribution in [0.5, 0.6) is 0 Å². The van der Waals surface area contributed by atoms with Crippen molar-refractivity contribution in [3.8, 4) is 0 Å². The van der Waals surface area contributed by atoms with Gasteiger partial charge in [0, 0.05) is 50.6 Å². The SMILES string of the molecule is O=C(O)CCCCCN1C(=O)C(Br)=C(Br)C1=O.O=C(O)CCOCCN1C(=O)C(Br)=C(Br)C1=O.[3H]C(C)C(=O)CCCCCN1C(=O)C(Br)=C(Br)C1=O.[3H]C(C)C(=O)CCOCCN1C(=O)C(Br)=C(Br)C1=O.[3H]CCN.[3H]CCN. The van der Waals surface area contributed by atoms with Gasteiger partial charge in [-0.1, -0.05) is 40.5 Å². The number of ether oxygens (including phenoxy) is 2. The summed E-state index contributed by atoms with van der Waals surface area (Å²) in [5.41, 5.74) is 9.68. The summed E-state index contributed by atoms with van der Waals surface area (Å²) in [4.78, 5) is 140. The van der Waals surface area contributed by atoms with Crippen LogP contribution in [0.25, 0.3) is 0 Å². The van der Waals surface area contributed by atoms with Gasteiger partial charge in [-0.2, -0.15) is 0 Å². The largest absolute Gasteiger partial charge is 0.481 e. The Labute approximate surface area is 513 Å². The van der Waals surface area contributed by atoms with E-state index in [4.69, 9.17) is 36.6 Å². The van der Waals surface area contributed by atoms with Gasteiger partial charge < -0.3 is 31.2 Å². The van der Waals surface area contributed by atoms with E-state index in [0.717, 1.165) is 21.1 Å². The summed E-state index contributed by atoms with van der Waals surface area (Å²) in [6.07, 6.45) is 3.11. The van der Waals surface area contributed by atoms with E-state index in [2.05, 4.69) is 127 Å². The Morgan fingerprint density at radius 1 is 0.421 bits per heavy atom. The number of Topliss-reactive ketones (excluding diaryl/α,β-unsaturated/α-hetero) is 2. The molecule has 0 saturated heterocycles. The number of rotatable bonds is 26. The molecule has 8 amide bonds. The first-order chi connectivity index (χ1) is 37.4. The zero-order chi connectivity index (χ0) is 62.0. The fraction of sp³-hybridized carbons (Fsp3) is 0.565. The lowest BCUT2D eigenvalue weighted by atomic mass is 10.1. The molecule has 6 N–H and O–H groups in total. The van der Waals surface area contributed by atoms with E-state index in [9.17, 15) is 57.5 Å². The molecule has 2 atom stereocenters. The van der Waals surface area contributed by atoms with Gasteiger partial charge in [-0.15, -0.1) is 0 Å². The standard InChI is InChI=1S/C12H15Br2NO3.C11H13Br2NO4.C10H11Br2NO4.C9H9Br2NO5.2C2H7N/c1-2-8(16)6-4-3-5-7-15-11(17)9(13)10(14)12(15)18;1-2-7(15)3-5-18-6-4-14-10(16)8(12)9(13)11(14)17;11-7-8(12)10(17)13(9(7)16)5-3-1-2-4-6(14)15;10-6-7(11)9(16)12(8(6)15)2-4-17-3-1-5(13)14;2*1-2-3/h2-7H2,1H3;2-6H2,1H3;1-5H2,(H,14,15);1-4H2,(H,13,14);2*2-3H2,1H3/i2*2T;;;2*1T. The highest BCUT2D eigenvalue weighted by molar-refractivity contribution is 9.15. The second-order valence-corrected chi connectivity index (χ2v) is 21.1. The molecule has 0 radical (unpaired) electrons. The van der Waals surface area contributed by atoms with Crippen LogP contribution in [0.4, 0.5) is 0 Å². The number of carboxylic acids is 2. The summed E-state index contributed by atoms with van der Waals surface area (Å²) in [6, 6.07) is 0. The molecule has 4 rings (SSSR count). The minimum Gasteiger partial charge on any atom is -0.481 e. The molecule has 4 aliphatic heterocycles. The second kappa shape index (κ2) is 42.4. The molecule has 2 unspecified atom stereocenters. The third kappa shape index (κ3) is 27.6. The number of hydrogen-bond donors (Lipinski definition) is 4. The topological polar surface area (TPSA) is 329 Å². The molecule has 0 fully saturated rings. The van der Waals surface area contributed by atoms with E-state index in [1.807, 2.05) is 0 Å². The number of carbonyl (C=O) groups excluding carboxylic acids is 10. The molecule has 0 spiro atoms. The minimum atomic E-state index is -0.953. The highest BCUT2D eigenvalue weighted by Crippen LogP contribution is 2.32. The molecular weight excluding hydrogens is 1530 g/mol. The zero-order valence-corrected chi connectivity index (χ0v) is 54.0. The van der Waals surface area contributed by atoms with Crippen molar-refractivity contribution in [2.45, 2.75) is 105 Å². The lowest BCUT2D eigenvalue weighted by molar-refractivity contribution is -0.140. The maximum atomic E-state index is 11.7. The van der Waals surface area contributed by atoms with E-state index in [1.54, 1.807) is 6.92 Å². The summed E-state index contributed by atoms with van der Waals surface area (Å²) >= 11 is 24.2. The maximum Gasteiger partial charge on any atom is 0.305 e. The molecular formula is C46H62Br8N6O16. The Bertz CT molecular complexity index is 2110. The number of carbonyl (C=O) groups is 12. The Morgan fingerprint density at radius 2 is 0.671 bits per heavy atom. The molecule has 22 nitrogen and oxygen atoms in total. The van der Waals surface area contributed by atoms with Crippen LogP contribution in [0.1, 0.15) is 110 Å². The minimum absolute atomic E-state index is 0.0569. The number of hydrogen-bond acceptors (Lipinski definition) is 16. The van der Waals surface area contributed by atoms with Crippen LogP contribution in [0.15, 0.2) is 35.9 Å². The average Bonchev–Trinajstić information content (AvgIpc) is 3.89. The summed E-state index contributed by atoms with van der Waals surface area (Å²) < 4.78 is 39.0. The molecule has 4 aliphatic rings. The van der Waals surface area contributed by atoms with Crippen LogP contribution >= 0.6 is 127 Å². The maximum absolute atomic E-state index is 11.7. The van der Waals surface area contributed by atoms with Crippen LogP contribution in [0, 0.1) is 0 Å². The average molecular weight is 1600 g/mol. The van der Waals surface area contributed by atoms with Gasteiger partial charge >= 0.3 is 11.9 Å². The van der Waals surface area contributed by atoms with Gasteiger partial charge in [0.05, 0.1) is 45.9 Å². The molecule has 76 heavy (non-hydrogen) atoms. The van der Waals surface area contributed by atoms with Crippen molar-refractivity contribution in [1.29, 1.82) is 0 Å². The summed E-state index contributed by atoms with van der Waals surface area (Å²) in [5.74, 6) is -5.06. The Balaban J connectivity index is 0. The van der Waals surface area contributed by atoms with Crippen molar-refractivity contribution in [2.75, 3.05) is 65.7 Å². The predicted molar refractivity (Wildman–Crippen MR) is 310 cm³/mol. The van der Waals surface area contributed by atoms with Gasteiger partial charge in [-0.25, -0.2) is 0 Å². The first kappa shape index (κ1) is 67.8. The van der Waals surface area contributed by atoms with Gasteiger partial charge in [0.15, 0.2) is 0 Å². The predicted octanol–water partition coefficient (Wildman–Crippen LogP) is 7.42. The summed E-state index contributed by atoms with van der Waals surface area (Å²) in [5, 5.41) is 16.8. The number of unbranched alkanes of at least 4 members (excludes halogenated alkanes) is 4. The van der Waals surface area contributed by atoms with E-state index >= 15 is 0 Å². The van der Waals surface area contributed by atoms with Crippen LogP contribution in [0.3, 0.4) is 0 Å². The monoisotopic (exact) mass is 1590 g/mol. The third-order valence-corrected chi connectivity index (χ3v) is 17.3. The fourth-order valence-corrected chi connectivity index (χ4v) is 8.55. The highest BCUT2D eigenvalue weighted by Gasteiger charge is 2.38. The Morgan fingerprint density at radius 3 is 0.934 bits per heavy atom. The molecule has 0 aliphatic carbocycles. The van der Waals surface area contributed by atoms with Crippen molar-refractivity contribution in [1.82, 2.24) is 19.6 Å². The zero-order valence-electron chi connectivity index (χ0n) is 45.3. The Hall–Kier alpha value is -2.52. The molecule has 0 bridgehead atoms. The number of nitrogens with zero attached hydrogens (tertiary/aromatic N) is 4. The molecule has 0 aromatic rings. The molecule has 0 aromatic heterocycles. The molecule has 4 heterocycles. The van der Waals surface area contributed by atoms with Crippen LogP contribution in [-0.4, -0.2) is 166 Å². The number of aliphatic carboxylic acids is 2. The van der Waals surface area contributed by atoms with E-state index < -0.39 is 48.4 Å². The van der Waals surface area contributed by atoms with E-state index in [-0.39, 0.29) is 130 Å². The van der Waals surface area contributed by atoms with Gasteiger partial charge in [-0.05, 0) is 166 Å². The van der Waals surface area contributed by atoms with Gasteiger partial charge in [-0.3, -0.25) is 77.1 Å². The number of ketones is 2. The summed E-state index contributed by atoms with van der Waals surface area (Å²) in [7, 11) is 0. The van der Waals surface area contributed by atoms with Crippen molar-refractivity contribution in [3.05, 3.63) is 35.9 Å². The van der Waals surface area contributed by atoms with Gasteiger partial charge in [0.25, 0.3) is 47.3 Å². The van der Waals surface area contributed by atoms with Gasteiger partial charge in [0.1, 0.15) is 47.4 Å². The number of amides is 8. The second-order valence-electron chi connectivity index (χ2n) is 14.8. The lowest BCUT2D eigenvalue weighted by Gasteiger charge is -2.13. The third-order valence-electron chi connectivity index (χ3n) is 9.33. The van der Waals surface area contributed by atoms with Crippen molar-refractivity contribution >= 4 is 198 Å². The number of imide groups is 4. The quantitative estimate of drug-likeness (QED) is 0.0483. The van der Waals surface area contributed by atoms with Crippen molar-refractivity contribution in [3.63, 3.8) is 0 Å². The molecule has 0 aromatic carbocycles. The Kier molecular flexibility index (Phi) is 37.8. The first-order valence-corrected chi connectivity index (χ1v) is 28.9. The van der Waals surface area contributed by atoms with Crippen LogP contribution in [0.2, 0.25) is 0 Å². The highest BCUT2D eigenvalue weighted by atomic mass is 79.9. The lowest BCUT2D eigenvalue weighted by Crippen LogP contribution is -2.34. The summed E-state index contributed by atoms with van der Waals surface area (Å²) in [6.45, 7) is 6.16. The van der Waals surface area contributed by atoms with Crippen molar-refractivity contribution in [2.24, 2.45) is 11.5 Å². The normalized spacial score (nSPS) is 16.7. The van der Waals surface area contributed by atoms with E-state index in [0.29, 0.717) is 78.5 Å². The van der Waals surface area contributed by atoms with Gasteiger partial charge in [0.2, 0.25) is 0 Å². The first-order valence-electron chi connectivity index (χ1n) is 25.1.